The number of nitrogens with zero attached hydrogens (tertiary/aromatic N) is 1. The number of morpholine rings is 1. The average molecular weight is 432 g/mol. The molecule has 1 unspecified atom stereocenters. The molecular formula is C23H26ClNO5. The van der Waals surface area contributed by atoms with E-state index in [1.165, 1.54) is 4.90 Å². The van der Waals surface area contributed by atoms with Gasteiger partial charge >= 0.3 is 6.09 Å². The first kappa shape index (κ1) is 22.3. The van der Waals surface area contributed by atoms with Crippen LogP contribution in [0.3, 0.4) is 0 Å². The van der Waals surface area contributed by atoms with Gasteiger partial charge in [0.15, 0.2) is 0 Å². The molecule has 0 saturated carbocycles. The van der Waals surface area contributed by atoms with Crippen molar-refractivity contribution in [2.75, 3.05) is 19.7 Å². The quantitative estimate of drug-likeness (QED) is 0.644. The van der Waals surface area contributed by atoms with E-state index in [0.29, 0.717) is 16.1 Å². The Balaban J connectivity index is 2.13. The molecule has 2 aromatic carbocycles. The number of ether oxygens (including phenoxy) is 1. The van der Waals surface area contributed by atoms with Crippen LogP contribution in [-0.4, -0.2) is 53.3 Å². The van der Waals surface area contributed by atoms with Crippen molar-refractivity contribution in [1.82, 2.24) is 4.90 Å². The van der Waals surface area contributed by atoms with Gasteiger partial charge in [-0.3, -0.25) is 0 Å². The fourth-order valence-electron chi connectivity index (χ4n) is 3.99. The lowest BCUT2D eigenvalue weighted by molar-refractivity contribution is -0.148. The van der Waals surface area contributed by atoms with E-state index in [1.807, 2.05) is 24.3 Å². The van der Waals surface area contributed by atoms with E-state index in [0.717, 1.165) is 23.8 Å². The van der Waals surface area contributed by atoms with E-state index in [1.54, 1.807) is 18.2 Å². The SMILES string of the molecule is CCc1cccc(-c2c(Cl)cccc2[C@@](O)(CCC=O)C2CN(C(=O)O)CCO2)c1. The molecule has 7 heteroatoms. The number of hydrogen-bond donors (Lipinski definition) is 2. The van der Waals surface area contributed by atoms with Crippen LogP contribution in [0.25, 0.3) is 11.1 Å². The minimum absolute atomic E-state index is 0.00560. The van der Waals surface area contributed by atoms with E-state index in [4.69, 9.17) is 16.3 Å². The molecule has 0 aromatic heterocycles. The summed E-state index contributed by atoms with van der Waals surface area (Å²) in [5, 5.41) is 21.8. The summed E-state index contributed by atoms with van der Waals surface area (Å²) in [7, 11) is 0. The van der Waals surface area contributed by atoms with E-state index >= 15 is 0 Å². The molecule has 1 aliphatic rings. The van der Waals surface area contributed by atoms with Gasteiger partial charge in [-0.1, -0.05) is 54.9 Å². The van der Waals surface area contributed by atoms with Crippen molar-refractivity contribution in [2.45, 2.75) is 37.9 Å². The minimum atomic E-state index is -1.59. The predicted molar refractivity (Wildman–Crippen MR) is 115 cm³/mol. The van der Waals surface area contributed by atoms with Gasteiger partial charge in [0.2, 0.25) is 0 Å². The molecule has 1 fully saturated rings. The number of carbonyl (C=O) groups is 2. The number of benzene rings is 2. The van der Waals surface area contributed by atoms with Crippen LogP contribution in [0.4, 0.5) is 4.79 Å². The molecule has 2 N–H and O–H groups in total. The van der Waals surface area contributed by atoms with Gasteiger partial charge in [-0.15, -0.1) is 0 Å². The molecule has 0 radical (unpaired) electrons. The Bertz CT molecular complexity index is 918. The van der Waals surface area contributed by atoms with Crippen LogP contribution in [0.1, 0.15) is 30.9 Å². The number of amides is 1. The molecule has 30 heavy (non-hydrogen) atoms. The Morgan fingerprint density at radius 2 is 2.10 bits per heavy atom. The van der Waals surface area contributed by atoms with Crippen molar-refractivity contribution in [3.63, 3.8) is 0 Å². The van der Waals surface area contributed by atoms with Gasteiger partial charge in [0.25, 0.3) is 0 Å². The maximum absolute atomic E-state index is 11.9. The molecule has 0 aliphatic carbocycles. The highest BCUT2D eigenvalue weighted by atomic mass is 35.5. The van der Waals surface area contributed by atoms with Crippen LogP contribution in [0.5, 0.6) is 0 Å². The summed E-state index contributed by atoms with van der Waals surface area (Å²) in [6, 6.07) is 13.2. The van der Waals surface area contributed by atoms with Crippen molar-refractivity contribution in [3.05, 3.63) is 58.6 Å². The Labute approximate surface area is 181 Å². The first-order chi connectivity index (χ1) is 14.4. The molecule has 0 bridgehead atoms. The second kappa shape index (κ2) is 9.60. The number of aryl methyl sites for hydroxylation is 1. The largest absolute Gasteiger partial charge is 0.465 e. The van der Waals surface area contributed by atoms with Gasteiger partial charge in [-0.25, -0.2) is 4.79 Å². The molecule has 1 heterocycles. The zero-order chi connectivity index (χ0) is 21.7. The van der Waals surface area contributed by atoms with Crippen molar-refractivity contribution in [1.29, 1.82) is 0 Å². The second-order valence-corrected chi connectivity index (χ2v) is 7.84. The van der Waals surface area contributed by atoms with E-state index in [2.05, 4.69) is 6.92 Å². The van der Waals surface area contributed by atoms with Gasteiger partial charge in [0.05, 0.1) is 13.2 Å². The van der Waals surface area contributed by atoms with Gasteiger partial charge < -0.3 is 24.6 Å². The normalized spacial score (nSPS) is 18.6. The third-order valence-electron chi connectivity index (χ3n) is 5.62. The number of carboxylic acid groups (broad SMARTS) is 1. The van der Waals surface area contributed by atoms with Crippen LogP contribution in [0, 0.1) is 0 Å². The lowest BCUT2D eigenvalue weighted by Gasteiger charge is -2.42. The van der Waals surface area contributed by atoms with Crippen molar-refractivity contribution >= 4 is 24.0 Å². The average Bonchev–Trinajstić information content (AvgIpc) is 2.77. The first-order valence-corrected chi connectivity index (χ1v) is 10.4. The summed E-state index contributed by atoms with van der Waals surface area (Å²) in [6.45, 7) is 2.47. The van der Waals surface area contributed by atoms with Crippen LogP contribution in [-0.2, 0) is 21.6 Å². The molecule has 2 atom stereocenters. The van der Waals surface area contributed by atoms with Crippen LogP contribution in [0.2, 0.25) is 5.02 Å². The van der Waals surface area contributed by atoms with E-state index in [9.17, 15) is 19.8 Å². The van der Waals surface area contributed by atoms with E-state index < -0.39 is 17.8 Å². The maximum Gasteiger partial charge on any atom is 0.407 e. The number of aliphatic hydroxyl groups is 1. The number of carbonyl (C=O) groups excluding carboxylic acids is 1. The summed E-state index contributed by atoms with van der Waals surface area (Å²) in [4.78, 5) is 23.9. The zero-order valence-corrected chi connectivity index (χ0v) is 17.6. The minimum Gasteiger partial charge on any atom is -0.465 e. The van der Waals surface area contributed by atoms with Gasteiger partial charge in [-0.2, -0.15) is 0 Å². The molecule has 1 saturated heterocycles. The lowest BCUT2D eigenvalue weighted by Crippen LogP contribution is -2.54. The monoisotopic (exact) mass is 431 g/mol. The Kier molecular flexibility index (Phi) is 7.13. The molecule has 3 rings (SSSR count). The molecular weight excluding hydrogens is 406 g/mol. The number of rotatable bonds is 7. The third kappa shape index (κ3) is 4.51. The molecule has 1 aliphatic heterocycles. The number of aldehydes is 1. The molecule has 1 amide bonds. The molecule has 160 valence electrons. The molecule has 0 spiro atoms. The smallest absolute Gasteiger partial charge is 0.407 e. The number of halogens is 1. The standard InChI is InChI=1S/C23H26ClNO5/c1-2-16-6-3-7-17(14-16)21-18(8-4-9-19(21)24)23(29,10-5-12-26)20-15-25(22(27)28)11-13-30-20/h3-4,6-9,12,14,20,29H,2,5,10-11,13,15H2,1H3,(H,27,28)/t20?,23-/m0/s1. The highest BCUT2D eigenvalue weighted by Crippen LogP contribution is 2.42. The fourth-order valence-corrected chi connectivity index (χ4v) is 4.27. The molecule has 6 nitrogen and oxygen atoms in total. The topological polar surface area (TPSA) is 87.1 Å². The van der Waals surface area contributed by atoms with E-state index in [-0.39, 0.29) is 32.5 Å². The highest BCUT2D eigenvalue weighted by molar-refractivity contribution is 6.33. The Morgan fingerprint density at radius 1 is 1.33 bits per heavy atom. The summed E-state index contributed by atoms with van der Waals surface area (Å²) < 4.78 is 5.84. The lowest BCUT2D eigenvalue weighted by atomic mass is 9.79. The van der Waals surface area contributed by atoms with Crippen molar-refractivity contribution in [3.8, 4) is 11.1 Å². The predicted octanol–water partition coefficient (Wildman–Crippen LogP) is 4.11. The van der Waals surface area contributed by atoms with Crippen LogP contribution < -0.4 is 0 Å². The van der Waals surface area contributed by atoms with Crippen molar-refractivity contribution < 1.29 is 24.5 Å². The zero-order valence-electron chi connectivity index (χ0n) is 16.9. The Morgan fingerprint density at radius 3 is 2.80 bits per heavy atom. The van der Waals surface area contributed by atoms with Crippen molar-refractivity contribution in [2.24, 2.45) is 0 Å². The second-order valence-electron chi connectivity index (χ2n) is 7.43. The summed E-state index contributed by atoms with van der Waals surface area (Å²) in [5.74, 6) is 0. The number of hydrogen-bond acceptors (Lipinski definition) is 4. The summed E-state index contributed by atoms with van der Waals surface area (Å²) >= 11 is 6.59. The first-order valence-electron chi connectivity index (χ1n) is 10.0. The maximum atomic E-state index is 11.9. The highest BCUT2D eigenvalue weighted by Gasteiger charge is 2.44. The van der Waals surface area contributed by atoms with Gasteiger partial charge in [0, 0.05) is 23.6 Å². The van der Waals surface area contributed by atoms with Gasteiger partial charge in [0.1, 0.15) is 18.0 Å². The summed E-state index contributed by atoms with van der Waals surface area (Å²) in [5.41, 5.74) is 1.59. The Hall–Kier alpha value is -2.41. The van der Waals surface area contributed by atoms with Gasteiger partial charge in [-0.05, 0) is 35.6 Å². The van der Waals surface area contributed by atoms with Crippen LogP contribution in [0.15, 0.2) is 42.5 Å². The fraction of sp³-hybridized carbons (Fsp3) is 0.391. The summed E-state index contributed by atoms with van der Waals surface area (Å²) in [6.07, 6.45) is -0.107. The molecule has 2 aromatic rings. The van der Waals surface area contributed by atoms with Crippen LogP contribution >= 0.6 is 11.6 Å². The third-order valence-corrected chi connectivity index (χ3v) is 5.93.